The topological polar surface area (TPSA) is 112 Å². The fraction of sp³-hybridized carbons (Fsp3) is 0.0476. The van der Waals surface area contributed by atoms with E-state index in [0.29, 0.717) is 11.3 Å². The summed E-state index contributed by atoms with van der Waals surface area (Å²) in [7, 11) is 0. The third-order valence-electron chi connectivity index (χ3n) is 4.12. The first-order valence-corrected chi connectivity index (χ1v) is 8.70. The number of carbonyl (C=O) groups is 2. The lowest BCUT2D eigenvalue weighted by Crippen LogP contribution is -2.21. The molecule has 0 saturated heterocycles. The number of alkyl halides is 3. The number of hydrogen-bond acceptors (Lipinski definition) is 5. The lowest BCUT2D eigenvalue weighted by atomic mass is 10.1. The number of benzene rings is 2. The lowest BCUT2D eigenvalue weighted by Gasteiger charge is -2.11. The standard InChI is InChI=1S/C19H13N3O2.C2HF3O2/c23-19(24)12-6-7-14-16-11-20-9-8-15(16)18(22-17(14)10-12)21-13-4-2-1-3-5-13;3-2(4,5)1(6)7/h1-11H,(H,21,22)(H,23,24);(H,6,7). The predicted molar refractivity (Wildman–Crippen MR) is 107 cm³/mol. The van der Waals surface area contributed by atoms with Gasteiger partial charge in [0, 0.05) is 34.2 Å². The number of fused-ring (bicyclic) bond motifs is 3. The summed E-state index contributed by atoms with van der Waals surface area (Å²) in [5.41, 5.74) is 1.74. The van der Waals surface area contributed by atoms with Crippen LogP contribution in [0.4, 0.5) is 24.7 Å². The van der Waals surface area contributed by atoms with Gasteiger partial charge in [0.05, 0.1) is 11.1 Å². The van der Waals surface area contributed by atoms with E-state index in [4.69, 9.17) is 9.90 Å². The number of halogens is 3. The van der Waals surface area contributed by atoms with Gasteiger partial charge in [-0.3, -0.25) is 4.98 Å². The molecule has 0 amide bonds. The van der Waals surface area contributed by atoms with Gasteiger partial charge in [-0.05, 0) is 30.3 Å². The monoisotopic (exact) mass is 429 g/mol. The van der Waals surface area contributed by atoms with Gasteiger partial charge in [-0.25, -0.2) is 14.6 Å². The number of pyridine rings is 2. The van der Waals surface area contributed by atoms with Gasteiger partial charge in [0.2, 0.25) is 0 Å². The van der Waals surface area contributed by atoms with Crippen LogP contribution in [0, 0.1) is 0 Å². The van der Waals surface area contributed by atoms with E-state index >= 15 is 0 Å². The Bertz CT molecular complexity index is 1260. The van der Waals surface area contributed by atoms with Crippen LogP contribution in [0.2, 0.25) is 0 Å². The molecule has 0 atom stereocenters. The Morgan fingerprint density at radius 1 is 0.903 bits per heavy atom. The highest BCUT2D eigenvalue weighted by Gasteiger charge is 2.38. The maximum Gasteiger partial charge on any atom is 0.490 e. The van der Waals surface area contributed by atoms with E-state index in [1.807, 2.05) is 36.4 Å². The molecular weight excluding hydrogens is 415 g/mol. The Balaban J connectivity index is 0.000000339. The molecule has 0 saturated carbocycles. The summed E-state index contributed by atoms with van der Waals surface area (Å²) in [6, 6.07) is 16.6. The molecule has 0 fully saturated rings. The highest BCUT2D eigenvalue weighted by Crippen LogP contribution is 2.30. The van der Waals surface area contributed by atoms with Crippen LogP contribution in [-0.2, 0) is 4.79 Å². The third-order valence-corrected chi connectivity index (χ3v) is 4.12. The number of nitrogens with one attached hydrogen (secondary N) is 1. The minimum atomic E-state index is -5.08. The van der Waals surface area contributed by atoms with Gasteiger partial charge in [-0.1, -0.05) is 24.3 Å². The molecule has 4 rings (SSSR count). The van der Waals surface area contributed by atoms with Crippen molar-refractivity contribution in [3.05, 3.63) is 72.6 Å². The number of para-hydroxylation sites is 1. The molecule has 0 spiro atoms. The number of aromatic carboxylic acids is 1. The average Bonchev–Trinajstić information content (AvgIpc) is 2.74. The van der Waals surface area contributed by atoms with Crippen molar-refractivity contribution in [1.82, 2.24) is 9.97 Å². The second-order valence-corrected chi connectivity index (χ2v) is 6.21. The van der Waals surface area contributed by atoms with Crippen molar-refractivity contribution >= 4 is 45.1 Å². The van der Waals surface area contributed by atoms with Gasteiger partial charge in [0.1, 0.15) is 5.82 Å². The van der Waals surface area contributed by atoms with Gasteiger partial charge in [-0.2, -0.15) is 13.2 Å². The third kappa shape index (κ3) is 5.04. The molecule has 10 heteroatoms. The van der Waals surface area contributed by atoms with Crippen molar-refractivity contribution in [2.75, 3.05) is 5.32 Å². The Kier molecular flexibility index (Phi) is 6.00. The van der Waals surface area contributed by atoms with E-state index in [0.717, 1.165) is 21.8 Å². The number of aliphatic carboxylic acids is 1. The SMILES string of the molecule is O=C(O)C(F)(F)F.O=C(O)c1ccc2c(c1)nc(Nc1ccccc1)c1ccncc12. The summed E-state index contributed by atoms with van der Waals surface area (Å²) in [5, 5.41) is 22.4. The maximum atomic E-state index is 11.2. The summed E-state index contributed by atoms with van der Waals surface area (Å²) in [4.78, 5) is 29.0. The van der Waals surface area contributed by atoms with Crippen LogP contribution in [0.1, 0.15) is 10.4 Å². The van der Waals surface area contributed by atoms with Crippen molar-refractivity contribution < 1.29 is 33.0 Å². The van der Waals surface area contributed by atoms with Crippen molar-refractivity contribution in [3.63, 3.8) is 0 Å². The van der Waals surface area contributed by atoms with E-state index in [1.54, 1.807) is 30.6 Å². The number of carboxylic acid groups (broad SMARTS) is 2. The number of rotatable bonds is 3. The molecule has 0 aliphatic rings. The van der Waals surface area contributed by atoms with Crippen molar-refractivity contribution in [2.45, 2.75) is 6.18 Å². The van der Waals surface area contributed by atoms with Gasteiger partial charge in [0.25, 0.3) is 0 Å². The second-order valence-electron chi connectivity index (χ2n) is 6.21. The molecule has 31 heavy (non-hydrogen) atoms. The molecule has 158 valence electrons. The second kappa shape index (κ2) is 8.66. The smallest absolute Gasteiger partial charge is 0.478 e. The van der Waals surface area contributed by atoms with Gasteiger partial charge >= 0.3 is 18.1 Å². The summed E-state index contributed by atoms with van der Waals surface area (Å²) in [5.74, 6) is -3.05. The molecule has 0 unspecified atom stereocenters. The van der Waals surface area contributed by atoms with E-state index in [2.05, 4.69) is 15.3 Å². The number of hydrogen-bond donors (Lipinski definition) is 3. The minimum Gasteiger partial charge on any atom is -0.478 e. The van der Waals surface area contributed by atoms with E-state index in [1.165, 1.54) is 0 Å². The molecule has 0 bridgehead atoms. The summed E-state index contributed by atoms with van der Waals surface area (Å²) < 4.78 is 31.7. The van der Waals surface area contributed by atoms with Crippen LogP contribution in [0.25, 0.3) is 21.7 Å². The molecule has 3 N–H and O–H groups in total. The quantitative estimate of drug-likeness (QED) is 0.399. The highest BCUT2D eigenvalue weighted by atomic mass is 19.4. The summed E-state index contributed by atoms with van der Waals surface area (Å²) in [6.45, 7) is 0. The molecular formula is C21H14F3N3O4. The first-order valence-electron chi connectivity index (χ1n) is 8.70. The minimum absolute atomic E-state index is 0.212. The average molecular weight is 429 g/mol. The van der Waals surface area contributed by atoms with Gasteiger partial charge in [-0.15, -0.1) is 0 Å². The van der Waals surface area contributed by atoms with E-state index in [-0.39, 0.29) is 5.56 Å². The lowest BCUT2D eigenvalue weighted by molar-refractivity contribution is -0.192. The molecule has 0 radical (unpaired) electrons. The maximum absolute atomic E-state index is 11.2. The molecule has 7 nitrogen and oxygen atoms in total. The zero-order valence-corrected chi connectivity index (χ0v) is 15.6. The normalized spacial score (nSPS) is 10.9. The van der Waals surface area contributed by atoms with Crippen molar-refractivity contribution in [1.29, 1.82) is 0 Å². The summed E-state index contributed by atoms with van der Waals surface area (Å²) >= 11 is 0. The number of aromatic nitrogens is 2. The molecule has 0 aliphatic heterocycles. The Morgan fingerprint density at radius 2 is 1.58 bits per heavy atom. The number of carboxylic acids is 2. The first kappa shape index (κ1) is 21.5. The van der Waals surface area contributed by atoms with Crippen LogP contribution in [0.3, 0.4) is 0 Å². The molecule has 4 aromatic rings. The Labute approximate surface area is 172 Å². The van der Waals surface area contributed by atoms with Crippen LogP contribution in [-0.4, -0.2) is 38.3 Å². The summed E-state index contributed by atoms with van der Waals surface area (Å²) in [6.07, 6.45) is -1.59. The predicted octanol–water partition coefficient (Wildman–Crippen LogP) is 4.86. The zero-order chi connectivity index (χ0) is 22.6. The first-order chi connectivity index (χ1) is 14.7. The van der Waals surface area contributed by atoms with Gasteiger partial charge < -0.3 is 15.5 Å². The zero-order valence-electron chi connectivity index (χ0n) is 15.6. The largest absolute Gasteiger partial charge is 0.490 e. The van der Waals surface area contributed by atoms with E-state index < -0.39 is 18.1 Å². The fourth-order valence-electron chi connectivity index (χ4n) is 2.73. The molecule has 0 aliphatic carbocycles. The Morgan fingerprint density at radius 3 is 2.19 bits per heavy atom. The number of anilines is 2. The van der Waals surface area contributed by atoms with Crippen LogP contribution in [0.5, 0.6) is 0 Å². The molecule has 2 heterocycles. The van der Waals surface area contributed by atoms with Crippen molar-refractivity contribution in [2.24, 2.45) is 0 Å². The Hall–Kier alpha value is -4.21. The van der Waals surface area contributed by atoms with E-state index in [9.17, 15) is 23.1 Å². The van der Waals surface area contributed by atoms with Crippen molar-refractivity contribution in [3.8, 4) is 0 Å². The highest BCUT2D eigenvalue weighted by molar-refractivity contribution is 6.11. The van der Waals surface area contributed by atoms with Crippen LogP contribution < -0.4 is 5.32 Å². The number of nitrogens with zero attached hydrogens (tertiary/aromatic N) is 2. The van der Waals surface area contributed by atoms with Gasteiger partial charge in [0.15, 0.2) is 0 Å². The fourth-order valence-corrected chi connectivity index (χ4v) is 2.73. The molecule has 2 aromatic heterocycles. The van der Waals surface area contributed by atoms with Crippen LogP contribution in [0.15, 0.2) is 67.0 Å². The van der Waals surface area contributed by atoms with Crippen LogP contribution >= 0.6 is 0 Å². The molecule has 2 aromatic carbocycles.